The molecule has 1 aliphatic rings. The van der Waals surface area contributed by atoms with Gasteiger partial charge in [-0.1, -0.05) is 30.7 Å². The van der Waals surface area contributed by atoms with E-state index in [1.165, 1.54) is 0 Å². The van der Waals surface area contributed by atoms with Gasteiger partial charge in [-0.15, -0.1) is 0 Å². The molecule has 0 bridgehead atoms. The van der Waals surface area contributed by atoms with E-state index in [9.17, 15) is 9.00 Å². The topological polar surface area (TPSA) is 34.1 Å². The van der Waals surface area contributed by atoms with E-state index in [0.717, 1.165) is 12.0 Å². The SMILES string of the molecule is CC1C(=O)CCC1S(=O)Cc1ccc(Cl)cc1. The zero-order valence-corrected chi connectivity index (χ0v) is 11.3. The lowest BCUT2D eigenvalue weighted by atomic mass is 10.1. The molecule has 1 aromatic carbocycles. The van der Waals surface area contributed by atoms with Crippen molar-refractivity contribution in [2.75, 3.05) is 0 Å². The highest BCUT2D eigenvalue weighted by atomic mass is 35.5. The highest BCUT2D eigenvalue weighted by Gasteiger charge is 2.34. The molecule has 0 amide bonds. The van der Waals surface area contributed by atoms with Crippen molar-refractivity contribution in [1.29, 1.82) is 0 Å². The van der Waals surface area contributed by atoms with Crippen molar-refractivity contribution in [1.82, 2.24) is 0 Å². The van der Waals surface area contributed by atoms with Gasteiger partial charge in [0.05, 0.1) is 0 Å². The third-order valence-electron chi connectivity index (χ3n) is 3.30. The van der Waals surface area contributed by atoms with Crippen LogP contribution in [0.5, 0.6) is 0 Å². The van der Waals surface area contributed by atoms with E-state index in [0.29, 0.717) is 17.2 Å². The Labute approximate surface area is 109 Å². The molecular formula is C13H15ClO2S. The van der Waals surface area contributed by atoms with Gasteiger partial charge in [-0.2, -0.15) is 0 Å². The fourth-order valence-corrected chi connectivity index (χ4v) is 4.03. The normalized spacial score (nSPS) is 26.1. The van der Waals surface area contributed by atoms with Crippen LogP contribution in [-0.2, 0) is 21.3 Å². The molecule has 1 saturated carbocycles. The second kappa shape index (κ2) is 5.32. The van der Waals surface area contributed by atoms with Crippen molar-refractivity contribution in [2.45, 2.75) is 30.8 Å². The lowest BCUT2D eigenvalue weighted by molar-refractivity contribution is -0.120. The number of carbonyl (C=O) groups is 1. The van der Waals surface area contributed by atoms with Crippen LogP contribution in [0.2, 0.25) is 5.02 Å². The van der Waals surface area contributed by atoms with Crippen LogP contribution in [0.25, 0.3) is 0 Å². The van der Waals surface area contributed by atoms with Gasteiger partial charge in [0.15, 0.2) is 0 Å². The third kappa shape index (κ3) is 2.96. The molecule has 2 rings (SSSR count). The van der Waals surface area contributed by atoms with Crippen LogP contribution in [0.4, 0.5) is 0 Å². The fourth-order valence-electron chi connectivity index (χ4n) is 2.18. The lowest BCUT2D eigenvalue weighted by Gasteiger charge is -2.13. The number of benzene rings is 1. The molecule has 1 aromatic rings. The Bertz CT molecular complexity index is 441. The Kier molecular flexibility index (Phi) is 4.00. The molecular weight excluding hydrogens is 256 g/mol. The minimum absolute atomic E-state index is 0.0261. The first-order valence-corrected chi connectivity index (χ1v) is 7.48. The smallest absolute Gasteiger partial charge is 0.136 e. The molecule has 0 radical (unpaired) electrons. The Morgan fingerprint density at radius 2 is 2.00 bits per heavy atom. The van der Waals surface area contributed by atoms with Crippen molar-refractivity contribution < 1.29 is 9.00 Å². The molecule has 1 fully saturated rings. The number of rotatable bonds is 3. The van der Waals surface area contributed by atoms with Gasteiger partial charge >= 0.3 is 0 Å². The van der Waals surface area contributed by atoms with Crippen LogP contribution >= 0.6 is 11.6 Å². The number of halogens is 1. The van der Waals surface area contributed by atoms with Gasteiger partial charge in [0, 0.05) is 39.2 Å². The van der Waals surface area contributed by atoms with Gasteiger partial charge in [0.2, 0.25) is 0 Å². The van der Waals surface area contributed by atoms with Crippen LogP contribution in [0.3, 0.4) is 0 Å². The molecule has 1 aliphatic carbocycles. The van der Waals surface area contributed by atoms with E-state index < -0.39 is 10.8 Å². The standard InChI is InChI=1S/C13H15ClO2S/c1-9-12(15)6-7-13(9)17(16)8-10-2-4-11(14)5-3-10/h2-5,9,13H,6-8H2,1H3. The highest BCUT2D eigenvalue weighted by molar-refractivity contribution is 7.84. The van der Waals surface area contributed by atoms with Crippen LogP contribution in [0.15, 0.2) is 24.3 Å². The minimum Gasteiger partial charge on any atom is -0.299 e. The van der Waals surface area contributed by atoms with Gasteiger partial charge in [-0.3, -0.25) is 9.00 Å². The molecule has 0 spiro atoms. The van der Waals surface area contributed by atoms with E-state index in [4.69, 9.17) is 11.6 Å². The van der Waals surface area contributed by atoms with Crippen LogP contribution in [0.1, 0.15) is 25.3 Å². The molecule has 4 heteroatoms. The fraction of sp³-hybridized carbons (Fsp3) is 0.462. The largest absolute Gasteiger partial charge is 0.299 e. The molecule has 0 N–H and O–H groups in total. The number of hydrogen-bond acceptors (Lipinski definition) is 2. The van der Waals surface area contributed by atoms with Crippen LogP contribution in [0, 0.1) is 5.92 Å². The van der Waals surface area contributed by atoms with Gasteiger partial charge < -0.3 is 0 Å². The Balaban J connectivity index is 2.02. The van der Waals surface area contributed by atoms with Crippen molar-refractivity contribution >= 4 is 28.2 Å². The minimum atomic E-state index is -0.968. The van der Waals surface area contributed by atoms with Gasteiger partial charge in [-0.05, 0) is 24.1 Å². The maximum atomic E-state index is 12.2. The van der Waals surface area contributed by atoms with Crippen molar-refractivity contribution in [3.63, 3.8) is 0 Å². The lowest BCUT2D eigenvalue weighted by Crippen LogP contribution is -2.22. The first-order valence-electron chi connectivity index (χ1n) is 5.72. The second-order valence-corrected chi connectivity index (χ2v) is 6.58. The summed E-state index contributed by atoms with van der Waals surface area (Å²) in [5, 5.41) is 0.710. The summed E-state index contributed by atoms with van der Waals surface area (Å²) in [6, 6.07) is 7.39. The van der Waals surface area contributed by atoms with E-state index in [-0.39, 0.29) is 17.0 Å². The summed E-state index contributed by atoms with van der Waals surface area (Å²) in [4.78, 5) is 11.4. The predicted octanol–water partition coefficient (Wildman–Crippen LogP) is 2.96. The first-order chi connectivity index (χ1) is 8.08. The van der Waals surface area contributed by atoms with Crippen LogP contribution in [-0.4, -0.2) is 15.2 Å². The summed E-state index contributed by atoms with van der Waals surface area (Å²) in [7, 11) is -0.968. The zero-order chi connectivity index (χ0) is 12.4. The predicted molar refractivity (Wildman–Crippen MR) is 70.5 cm³/mol. The summed E-state index contributed by atoms with van der Waals surface area (Å²) in [5.74, 6) is 0.710. The Hall–Kier alpha value is -0.670. The molecule has 0 heterocycles. The number of ketones is 1. The summed E-state index contributed by atoms with van der Waals surface area (Å²) >= 11 is 5.80. The molecule has 92 valence electrons. The van der Waals surface area contributed by atoms with E-state index in [1.54, 1.807) is 12.1 Å². The molecule has 0 aliphatic heterocycles. The van der Waals surface area contributed by atoms with E-state index in [1.807, 2.05) is 19.1 Å². The number of Topliss-reactive ketones (excluding diaryl/α,β-unsaturated/α-hetero) is 1. The maximum absolute atomic E-state index is 12.2. The highest BCUT2D eigenvalue weighted by Crippen LogP contribution is 2.27. The van der Waals surface area contributed by atoms with E-state index in [2.05, 4.69) is 0 Å². The average molecular weight is 271 g/mol. The molecule has 2 nitrogen and oxygen atoms in total. The van der Waals surface area contributed by atoms with Gasteiger partial charge in [0.25, 0.3) is 0 Å². The monoisotopic (exact) mass is 270 g/mol. The van der Waals surface area contributed by atoms with Crippen molar-refractivity contribution in [3.8, 4) is 0 Å². The second-order valence-electron chi connectivity index (χ2n) is 4.48. The molecule has 3 unspecified atom stereocenters. The quantitative estimate of drug-likeness (QED) is 0.846. The summed E-state index contributed by atoms with van der Waals surface area (Å²) in [6.07, 6.45) is 1.35. The molecule has 17 heavy (non-hydrogen) atoms. The molecule has 0 saturated heterocycles. The molecule has 0 aromatic heterocycles. The number of hydrogen-bond donors (Lipinski definition) is 0. The first kappa shape index (κ1) is 12.8. The van der Waals surface area contributed by atoms with E-state index >= 15 is 0 Å². The van der Waals surface area contributed by atoms with Gasteiger partial charge in [-0.25, -0.2) is 0 Å². The third-order valence-corrected chi connectivity index (χ3v) is 5.49. The zero-order valence-electron chi connectivity index (χ0n) is 9.69. The average Bonchev–Trinajstić information content (AvgIpc) is 2.63. The van der Waals surface area contributed by atoms with Gasteiger partial charge in [0.1, 0.15) is 5.78 Å². The van der Waals surface area contributed by atoms with Crippen molar-refractivity contribution in [3.05, 3.63) is 34.9 Å². The Morgan fingerprint density at radius 3 is 2.53 bits per heavy atom. The summed E-state index contributed by atoms with van der Waals surface area (Å²) in [6.45, 7) is 1.89. The van der Waals surface area contributed by atoms with Crippen LogP contribution < -0.4 is 0 Å². The Morgan fingerprint density at radius 1 is 1.35 bits per heavy atom. The maximum Gasteiger partial charge on any atom is 0.136 e. The summed E-state index contributed by atoms with van der Waals surface area (Å²) in [5.41, 5.74) is 1.01. The number of carbonyl (C=O) groups excluding carboxylic acids is 1. The molecule has 3 atom stereocenters. The van der Waals surface area contributed by atoms with Crippen molar-refractivity contribution in [2.24, 2.45) is 5.92 Å². The summed E-state index contributed by atoms with van der Waals surface area (Å²) < 4.78 is 12.2.